The Morgan fingerprint density at radius 1 is 1.19 bits per heavy atom. The van der Waals surface area contributed by atoms with Crippen LogP contribution < -0.4 is 9.47 Å². The second kappa shape index (κ2) is 5.96. The number of methoxy groups -OCH3 is 2. The fourth-order valence-corrected chi connectivity index (χ4v) is 3.27. The zero-order valence-electron chi connectivity index (χ0n) is 13.3. The molecule has 0 unspecified atom stereocenters. The third kappa shape index (κ3) is 2.99. The monoisotopic (exact) mass is 292 g/mol. The molecule has 0 saturated heterocycles. The summed E-state index contributed by atoms with van der Waals surface area (Å²) in [5.41, 5.74) is 2.83. The molecule has 1 N–H and O–H groups in total. The van der Waals surface area contributed by atoms with E-state index < -0.39 is 11.4 Å². The van der Waals surface area contributed by atoms with Crippen molar-refractivity contribution in [2.45, 2.75) is 51.4 Å². The molecule has 21 heavy (non-hydrogen) atoms. The molecule has 0 heterocycles. The Kier molecular flexibility index (Phi) is 4.45. The first-order chi connectivity index (χ1) is 9.90. The number of hydrogen-bond donors (Lipinski definition) is 1. The van der Waals surface area contributed by atoms with Gasteiger partial charge in [0.2, 0.25) is 0 Å². The van der Waals surface area contributed by atoms with E-state index in [-0.39, 0.29) is 6.42 Å². The Morgan fingerprint density at radius 3 is 2.33 bits per heavy atom. The Balaban J connectivity index is 2.62. The average molecular weight is 292 g/mol. The van der Waals surface area contributed by atoms with Gasteiger partial charge in [-0.15, -0.1) is 0 Å². The van der Waals surface area contributed by atoms with E-state index in [1.165, 1.54) is 11.1 Å². The van der Waals surface area contributed by atoms with Crippen LogP contribution in [0, 0.1) is 0 Å². The average Bonchev–Trinajstić information content (AvgIpc) is 2.44. The summed E-state index contributed by atoms with van der Waals surface area (Å²) in [5.74, 6) is 0.898. The van der Waals surface area contributed by atoms with Gasteiger partial charge in [-0.1, -0.05) is 13.8 Å². The standard InChI is InChI=1S/C17H24O4/c1-17(2,10-15(18)19)13-9-14(20-3)11-7-5-6-8-12(11)16(13)21-4/h9H,5-8,10H2,1-4H3,(H,18,19). The third-order valence-corrected chi connectivity index (χ3v) is 4.31. The van der Waals surface area contributed by atoms with Gasteiger partial charge in [0.15, 0.2) is 0 Å². The summed E-state index contributed by atoms with van der Waals surface area (Å²) < 4.78 is 11.2. The first kappa shape index (κ1) is 15.7. The molecule has 0 atom stereocenters. The van der Waals surface area contributed by atoms with Gasteiger partial charge < -0.3 is 14.6 Å². The van der Waals surface area contributed by atoms with Crippen LogP contribution in [0.15, 0.2) is 6.07 Å². The van der Waals surface area contributed by atoms with Crippen LogP contribution in [0.2, 0.25) is 0 Å². The van der Waals surface area contributed by atoms with Crippen LogP contribution in [-0.2, 0) is 23.1 Å². The molecular weight excluding hydrogens is 268 g/mol. The van der Waals surface area contributed by atoms with Crippen molar-refractivity contribution in [3.05, 3.63) is 22.8 Å². The second-order valence-electron chi connectivity index (χ2n) is 6.28. The van der Waals surface area contributed by atoms with Crippen molar-refractivity contribution in [1.82, 2.24) is 0 Å². The largest absolute Gasteiger partial charge is 0.496 e. The highest BCUT2D eigenvalue weighted by atomic mass is 16.5. The van der Waals surface area contributed by atoms with E-state index in [2.05, 4.69) is 0 Å². The molecule has 4 heteroatoms. The van der Waals surface area contributed by atoms with Crippen molar-refractivity contribution in [3.8, 4) is 11.5 Å². The molecule has 0 aromatic heterocycles. The molecule has 1 aliphatic rings. The van der Waals surface area contributed by atoms with Gasteiger partial charge in [0.1, 0.15) is 11.5 Å². The Labute approximate surface area is 126 Å². The molecule has 1 aliphatic carbocycles. The molecule has 1 aromatic rings. The molecule has 0 amide bonds. The summed E-state index contributed by atoms with van der Waals surface area (Å²) >= 11 is 0. The number of aliphatic carboxylic acids is 1. The minimum absolute atomic E-state index is 0.0608. The first-order valence-corrected chi connectivity index (χ1v) is 7.39. The molecule has 0 saturated carbocycles. The van der Waals surface area contributed by atoms with E-state index in [0.717, 1.165) is 42.7 Å². The maximum atomic E-state index is 11.2. The van der Waals surface area contributed by atoms with Crippen LogP contribution >= 0.6 is 0 Å². The van der Waals surface area contributed by atoms with Gasteiger partial charge in [0, 0.05) is 22.1 Å². The topological polar surface area (TPSA) is 55.8 Å². The lowest BCUT2D eigenvalue weighted by molar-refractivity contribution is -0.138. The number of rotatable bonds is 5. The summed E-state index contributed by atoms with van der Waals surface area (Å²) in [4.78, 5) is 11.2. The fourth-order valence-electron chi connectivity index (χ4n) is 3.27. The van der Waals surface area contributed by atoms with Gasteiger partial charge in [-0.25, -0.2) is 0 Å². The predicted molar refractivity (Wildman–Crippen MR) is 81.5 cm³/mol. The third-order valence-electron chi connectivity index (χ3n) is 4.31. The van der Waals surface area contributed by atoms with E-state index in [1.807, 2.05) is 19.9 Å². The lowest BCUT2D eigenvalue weighted by Gasteiger charge is -2.30. The Morgan fingerprint density at radius 2 is 1.81 bits per heavy atom. The van der Waals surface area contributed by atoms with E-state index in [1.54, 1.807) is 14.2 Å². The molecule has 0 aliphatic heterocycles. The number of hydrogen-bond acceptors (Lipinski definition) is 3. The number of ether oxygens (including phenoxy) is 2. The smallest absolute Gasteiger partial charge is 0.304 e. The zero-order valence-corrected chi connectivity index (χ0v) is 13.3. The zero-order chi connectivity index (χ0) is 15.6. The summed E-state index contributed by atoms with van der Waals surface area (Å²) in [6.45, 7) is 3.88. The minimum Gasteiger partial charge on any atom is -0.496 e. The highest BCUT2D eigenvalue weighted by Crippen LogP contribution is 2.44. The lowest BCUT2D eigenvalue weighted by Crippen LogP contribution is -2.24. The summed E-state index contributed by atoms with van der Waals surface area (Å²) in [7, 11) is 3.34. The number of fused-ring (bicyclic) bond motifs is 1. The summed E-state index contributed by atoms with van der Waals surface area (Å²) in [5, 5.41) is 9.17. The maximum Gasteiger partial charge on any atom is 0.304 e. The van der Waals surface area contributed by atoms with Crippen molar-refractivity contribution in [1.29, 1.82) is 0 Å². The van der Waals surface area contributed by atoms with E-state index in [4.69, 9.17) is 14.6 Å². The number of carboxylic acids is 1. The van der Waals surface area contributed by atoms with Gasteiger partial charge in [-0.2, -0.15) is 0 Å². The second-order valence-corrected chi connectivity index (χ2v) is 6.28. The van der Waals surface area contributed by atoms with Gasteiger partial charge in [-0.05, 0) is 31.7 Å². The minimum atomic E-state index is -0.807. The van der Waals surface area contributed by atoms with Crippen molar-refractivity contribution in [3.63, 3.8) is 0 Å². The van der Waals surface area contributed by atoms with Crippen LogP contribution in [-0.4, -0.2) is 25.3 Å². The van der Waals surface area contributed by atoms with E-state index in [9.17, 15) is 4.79 Å². The molecule has 4 nitrogen and oxygen atoms in total. The van der Waals surface area contributed by atoms with Gasteiger partial charge >= 0.3 is 5.97 Å². The summed E-state index contributed by atoms with van der Waals surface area (Å²) in [6.07, 6.45) is 4.31. The van der Waals surface area contributed by atoms with Gasteiger partial charge in [-0.3, -0.25) is 4.79 Å². The number of carboxylic acid groups (broad SMARTS) is 1. The highest BCUT2D eigenvalue weighted by Gasteiger charge is 2.32. The molecule has 0 bridgehead atoms. The van der Waals surface area contributed by atoms with Crippen LogP contribution in [0.25, 0.3) is 0 Å². The van der Waals surface area contributed by atoms with E-state index in [0.29, 0.717) is 0 Å². The molecule has 0 fully saturated rings. The molecule has 0 radical (unpaired) electrons. The molecule has 0 spiro atoms. The molecule has 116 valence electrons. The van der Waals surface area contributed by atoms with Gasteiger partial charge in [0.25, 0.3) is 0 Å². The van der Waals surface area contributed by atoms with Crippen molar-refractivity contribution in [2.75, 3.05) is 14.2 Å². The normalized spacial score (nSPS) is 14.5. The summed E-state index contributed by atoms with van der Waals surface area (Å²) in [6, 6.07) is 1.96. The quantitative estimate of drug-likeness (QED) is 0.904. The van der Waals surface area contributed by atoms with Crippen LogP contribution in [0.1, 0.15) is 49.8 Å². The lowest BCUT2D eigenvalue weighted by atomic mass is 9.77. The van der Waals surface area contributed by atoms with Crippen molar-refractivity contribution < 1.29 is 19.4 Å². The number of benzene rings is 1. The highest BCUT2D eigenvalue weighted by molar-refractivity contribution is 5.70. The molecule has 1 aromatic carbocycles. The SMILES string of the molecule is COc1cc(C(C)(C)CC(=O)O)c(OC)c2c1CCCC2. The maximum absolute atomic E-state index is 11.2. The van der Waals surface area contributed by atoms with Crippen LogP contribution in [0.4, 0.5) is 0 Å². The van der Waals surface area contributed by atoms with Gasteiger partial charge in [0.05, 0.1) is 20.6 Å². The predicted octanol–water partition coefficient (Wildman–Crippen LogP) is 3.33. The molecular formula is C17H24O4. The van der Waals surface area contributed by atoms with Crippen molar-refractivity contribution >= 4 is 5.97 Å². The number of carbonyl (C=O) groups is 1. The first-order valence-electron chi connectivity index (χ1n) is 7.39. The molecule has 2 rings (SSSR count). The van der Waals surface area contributed by atoms with E-state index >= 15 is 0 Å². The van der Waals surface area contributed by atoms with Crippen LogP contribution in [0.5, 0.6) is 11.5 Å². The van der Waals surface area contributed by atoms with Crippen LogP contribution in [0.3, 0.4) is 0 Å². The fraction of sp³-hybridized carbons (Fsp3) is 0.588. The Hall–Kier alpha value is -1.71. The Bertz CT molecular complexity index is 546. The van der Waals surface area contributed by atoms with Crippen molar-refractivity contribution in [2.24, 2.45) is 0 Å².